The SMILES string of the molecule is COc1cc(C)ccc1NC1CCN(CC(F)(F)F)CC1. The van der Waals surface area contributed by atoms with Crippen molar-refractivity contribution in [3.8, 4) is 5.75 Å². The van der Waals surface area contributed by atoms with Crippen molar-refractivity contribution in [3.63, 3.8) is 0 Å². The van der Waals surface area contributed by atoms with Crippen LogP contribution < -0.4 is 10.1 Å². The van der Waals surface area contributed by atoms with Crippen molar-refractivity contribution in [1.82, 2.24) is 4.90 Å². The van der Waals surface area contributed by atoms with E-state index in [-0.39, 0.29) is 6.04 Å². The van der Waals surface area contributed by atoms with Crippen LogP contribution in [0.2, 0.25) is 0 Å². The molecule has 1 fully saturated rings. The lowest BCUT2D eigenvalue weighted by Gasteiger charge is -2.33. The summed E-state index contributed by atoms with van der Waals surface area (Å²) in [6.07, 6.45) is -2.71. The molecule has 3 nitrogen and oxygen atoms in total. The second kappa shape index (κ2) is 6.56. The predicted molar refractivity (Wildman–Crippen MR) is 76.9 cm³/mol. The molecule has 2 rings (SSSR count). The topological polar surface area (TPSA) is 24.5 Å². The van der Waals surface area contributed by atoms with Gasteiger partial charge in [0, 0.05) is 19.1 Å². The number of anilines is 1. The fraction of sp³-hybridized carbons (Fsp3) is 0.600. The number of benzene rings is 1. The van der Waals surface area contributed by atoms with Gasteiger partial charge in [-0.1, -0.05) is 6.07 Å². The third kappa shape index (κ3) is 4.81. The van der Waals surface area contributed by atoms with Crippen molar-refractivity contribution in [3.05, 3.63) is 23.8 Å². The van der Waals surface area contributed by atoms with Crippen molar-refractivity contribution >= 4 is 5.69 Å². The molecule has 0 radical (unpaired) electrons. The monoisotopic (exact) mass is 302 g/mol. The molecular weight excluding hydrogens is 281 g/mol. The number of methoxy groups -OCH3 is 1. The molecule has 1 aliphatic rings. The minimum Gasteiger partial charge on any atom is -0.495 e. The summed E-state index contributed by atoms with van der Waals surface area (Å²) in [5.41, 5.74) is 2.01. The van der Waals surface area contributed by atoms with Gasteiger partial charge in [0.05, 0.1) is 19.3 Å². The molecule has 6 heteroatoms. The third-order valence-corrected chi connectivity index (χ3v) is 3.71. The van der Waals surface area contributed by atoms with Gasteiger partial charge in [-0.15, -0.1) is 0 Å². The zero-order valence-corrected chi connectivity index (χ0v) is 12.3. The van der Waals surface area contributed by atoms with E-state index in [9.17, 15) is 13.2 Å². The number of likely N-dealkylation sites (tertiary alicyclic amines) is 1. The summed E-state index contributed by atoms with van der Waals surface area (Å²) in [6.45, 7) is 2.10. The number of nitrogens with zero attached hydrogens (tertiary/aromatic N) is 1. The average molecular weight is 302 g/mol. The van der Waals surface area contributed by atoms with E-state index in [1.165, 1.54) is 4.90 Å². The van der Waals surface area contributed by atoms with E-state index in [1.807, 2.05) is 25.1 Å². The quantitative estimate of drug-likeness (QED) is 0.922. The maximum absolute atomic E-state index is 12.3. The van der Waals surface area contributed by atoms with E-state index in [2.05, 4.69) is 5.32 Å². The maximum atomic E-state index is 12.3. The Bertz CT molecular complexity index is 468. The zero-order valence-electron chi connectivity index (χ0n) is 12.3. The van der Waals surface area contributed by atoms with Crippen LogP contribution in [0.1, 0.15) is 18.4 Å². The third-order valence-electron chi connectivity index (χ3n) is 3.71. The summed E-state index contributed by atoms with van der Waals surface area (Å²) < 4.78 is 42.4. The van der Waals surface area contributed by atoms with Gasteiger partial charge in [-0.3, -0.25) is 4.90 Å². The van der Waals surface area contributed by atoms with Crippen LogP contribution in [0.15, 0.2) is 18.2 Å². The number of nitrogens with one attached hydrogen (secondary N) is 1. The lowest BCUT2D eigenvalue weighted by Crippen LogP contribution is -2.43. The highest BCUT2D eigenvalue weighted by atomic mass is 19.4. The van der Waals surface area contributed by atoms with Gasteiger partial charge < -0.3 is 10.1 Å². The van der Waals surface area contributed by atoms with Gasteiger partial charge in [-0.2, -0.15) is 13.2 Å². The Balaban J connectivity index is 1.89. The minimum absolute atomic E-state index is 0.186. The summed E-state index contributed by atoms with van der Waals surface area (Å²) in [5.74, 6) is 0.771. The molecule has 0 atom stereocenters. The van der Waals surface area contributed by atoms with Crippen LogP contribution in [-0.2, 0) is 0 Å². The van der Waals surface area contributed by atoms with Gasteiger partial charge in [0.2, 0.25) is 0 Å². The van der Waals surface area contributed by atoms with Gasteiger partial charge in [-0.25, -0.2) is 0 Å². The van der Waals surface area contributed by atoms with Crippen LogP contribution >= 0.6 is 0 Å². The van der Waals surface area contributed by atoms with Crippen LogP contribution in [-0.4, -0.2) is 43.9 Å². The highest BCUT2D eigenvalue weighted by Gasteiger charge is 2.32. The molecule has 1 aromatic carbocycles. The van der Waals surface area contributed by atoms with Crippen molar-refractivity contribution in [2.45, 2.75) is 32.0 Å². The lowest BCUT2D eigenvalue weighted by molar-refractivity contribution is -0.147. The van der Waals surface area contributed by atoms with Gasteiger partial charge in [-0.05, 0) is 37.5 Å². The molecule has 0 unspecified atom stereocenters. The van der Waals surface area contributed by atoms with E-state index in [0.29, 0.717) is 25.9 Å². The molecule has 0 saturated carbocycles. The highest BCUT2D eigenvalue weighted by molar-refractivity contribution is 5.58. The fourth-order valence-electron chi connectivity index (χ4n) is 2.63. The van der Waals surface area contributed by atoms with Crippen LogP contribution in [0.25, 0.3) is 0 Å². The molecule has 118 valence electrons. The molecular formula is C15H21F3N2O. The first-order valence-corrected chi connectivity index (χ1v) is 7.07. The summed E-state index contributed by atoms with van der Waals surface area (Å²) in [6, 6.07) is 6.08. The number of hydrogen-bond acceptors (Lipinski definition) is 3. The zero-order chi connectivity index (χ0) is 15.5. The summed E-state index contributed by atoms with van der Waals surface area (Å²) in [5, 5.41) is 3.38. The molecule has 0 amide bonds. The number of halogens is 3. The fourth-order valence-corrected chi connectivity index (χ4v) is 2.63. The molecule has 1 aromatic rings. The molecule has 0 aliphatic carbocycles. The van der Waals surface area contributed by atoms with Crippen LogP contribution in [0, 0.1) is 6.92 Å². The molecule has 0 spiro atoms. The summed E-state index contributed by atoms with van der Waals surface area (Å²) >= 11 is 0. The van der Waals surface area contributed by atoms with Crippen LogP contribution in [0.3, 0.4) is 0 Å². The number of alkyl halides is 3. The van der Waals surface area contributed by atoms with Crippen LogP contribution in [0.5, 0.6) is 5.75 Å². The molecule has 0 bridgehead atoms. The van der Waals surface area contributed by atoms with E-state index in [0.717, 1.165) is 17.0 Å². The minimum atomic E-state index is -4.11. The van der Waals surface area contributed by atoms with E-state index in [4.69, 9.17) is 4.74 Å². The standard InChI is InChI=1S/C15H21F3N2O/c1-11-3-4-13(14(9-11)21-2)19-12-5-7-20(8-6-12)10-15(16,17)18/h3-4,9,12,19H,5-8,10H2,1-2H3. The highest BCUT2D eigenvalue weighted by Crippen LogP contribution is 2.28. The van der Waals surface area contributed by atoms with Gasteiger partial charge in [0.25, 0.3) is 0 Å². The Hall–Kier alpha value is -1.43. The number of aryl methyl sites for hydroxylation is 1. The second-order valence-electron chi connectivity index (χ2n) is 5.51. The normalized spacial score (nSPS) is 17.8. The Morgan fingerprint density at radius 3 is 2.52 bits per heavy atom. The van der Waals surface area contributed by atoms with Gasteiger partial charge in [0.15, 0.2) is 0 Å². The molecule has 1 heterocycles. The smallest absolute Gasteiger partial charge is 0.401 e. The Morgan fingerprint density at radius 1 is 1.29 bits per heavy atom. The first-order valence-electron chi connectivity index (χ1n) is 7.07. The Labute approximate surface area is 123 Å². The molecule has 1 aliphatic heterocycles. The molecule has 21 heavy (non-hydrogen) atoms. The largest absolute Gasteiger partial charge is 0.495 e. The van der Waals surface area contributed by atoms with Crippen LogP contribution in [0.4, 0.5) is 18.9 Å². The lowest BCUT2D eigenvalue weighted by atomic mass is 10.0. The molecule has 0 aromatic heterocycles. The van der Waals surface area contributed by atoms with Crippen molar-refractivity contribution < 1.29 is 17.9 Å². The summed E-state index contributed by atoms with van der Waals surface area (Å²) in [4.78, 5) is 1.46. The van der Waals surface area contributed by atoms with Gasteiger partial charge >= 0.3 is 6.18 Å². The first-order chi connectivity index (χ1) is 9.87. The number of rotatable bonds is 4. The van der Waals surface area contributed by atoms with E-state index in [1.54, 1.807) is 7.11 Å². The van der Waals surface area contributed by atoms with E-state index >= 15 is 0 Å². The Kier molecular flexibility index (Phi) is 4.98. The van der Waals surface area contributed by atoms with Crippen molar-refractivity contribution in [2.75, 3.05) is 32.1 Å². The number of piperidine rings is 1. The maximum Gasteiger partial charge on any atom is 0.401 e. The van der Waals surface area contributed by atoms with E-state index < -0.39 is 12.7 Å². The number of hydrogen-bond donors (Lipinski definition) is 1. The van der Waals surface area contributed by atoms with Crippen molar-refractivity contribution in [2.24, 2.45) is 0 Å². The molecule has 1 N–H and O–H groups in total. The molecule has 1 saturated heterocycles. The average Bonchev–Trinajstić information content (AvgIpc) is 2.41. The first kappa shape index (κ1) is 15.9. The second-order valence-corrected chi connectivity index (χ2v) is 5.51. The predicted octanol–water partition coefficient (Wildman–Crippen LogP) is 3.44. The summed E-state index contributed by atoms with van der Waals surface area (Å²) in [7, 11) is 1.62. The van der Waals surface area contributed by atoms with Crippen molar-refractivity contribution in [1.29, 1.82) is 0 Å². The Morgan fingerprint density at radius 2 is 1.95 bits per heavy atom. The number of ether oxygens (including phenoxy) is 1. The van der Waals surface area contributed by atoms with Gasteiger partial charge in [0.1, 0.15) is 5.75 Å².